The largest absolute Gasteiger partial charge is 0.371 e. The molecule has 2 heteroatoms. The maximum absolute atomic E-state index is 6.36. The summed E-state index contributed by atoms with van der Waals surface area (Å²) in [7, 11) is 0. The summed E-state index contributed by atoms with van der Waals surface area (Å²) in [6.45, 7) is 2.52. The first-order chi connectivity index (χ1) is 7.76. The van der Waals surface area contributed by atoms with Crippen LogP contribution in [-0.4, -0.2) is 13.1 Å². The maximum atomic E-state index is 6.36. The van der Waals surface area contributed by atoms with Crippen molar-refractivity contribution in [2.75, 3.05) is 18.0 Å². The van der Waals surface area contributed by atoms with Gasteiger partial charge in [-0.05, 0) is 42.7 Å². The summed E-state index contributed by atoms with van der Waals surface area (Å²) in [5, 5.41) is 0. The summed E-state index contributed by atoms with van der Waals surface area (Å²) >= 11 is 0. The predicted octanol–water partition coefficient (Wildman–Crippen LogP) is 2.09. The first-order valence-electron chi connectivity index (χ1n) is 6.40. The number of fused-ring (bicyclic) bond motifs is 1. The number of hydrogen-bond donors (Lipinski definition) is 1. The zero-order valence-electron chi connectivity index (χ0n) is 9.52. The van der Waals surface area contributed by atoms with E-state index in [4.69, 9.17) is 5.73 Å². The van der Waals surface area contributed by atoms with Gasteiger partial charge in [-0.25, -0.2) is 0 Å². The van der Waals surface area contributed by atoms with Gasteiger partial charge in [0.2, 0.25) is 0 Å². The maximum Gasteiger partial charge on any atom is 0.0431 e. The van der Waals surface area contributed by atoms with Crippen molar-refractivity contribution in [3.8, 4) is 0 Å². The molecular formula is C14H18N2. The van der Waals surface area contributed by atoms with E-state index in [-0.39, 0.29) is 5.54 Å². The zero-order valence-corrected chi connectivity index (χ0v) is 9.52. The average Bonchev–Trinajstić information content (AvgIpc) is 3.20. The molecule has 2 saturated carbocycles. The number of benzene rings is 1. The molecule has 16 heavy (non-hydrogen) atoms. The molecule has 2 atom stereocenters. The summed E-state index contributed by atoms with van der Waals surface area (Å²) in [5.74, 6) is 1.97. The van der Waals surface area contributed by atoms with Crippen molar-refractivity contribution >= 4 is 5.69 Å². The molecule has 2 unspecified atom stereocenters. The summed E-state index contributed by atoms with van der Waals surface area (Å²) in [6.07, 6.45) is 3.78. The van der Waals surface area contributed by atoms with Gasteiger partial charge in [-0.15, -0.1) is 0 Å². The Labute approximate surface area is 96.4 Å². The molecule has 2 aliphatic carbocycles. The predicted molar refractivity (Wildman–Crippen MR) is 65.4 cm³/mol. The third-order valence-corrected chi connectivity index (χ3v) is 4.55. The van der Waals surface area contributed by atoms with Crippen molar-refractivity contribution in [2.24, 2.45) is 17.6 Å². The zero-order chi connectivity index (χ0) is 10.8. The van der Waals surface area contributed by atoms with Crippen molar-refractivity contribution < 1.29 is 0 Å². The lowest BCUT2D eigenvalue weighted by Crippen LogP contribution is -2.27. The van der Waals surface area contributed by atoms with Gasteiger partial charge in [0.25, 0.3) is 0 Å². The Morgan fingerprint density at radius 3 is 2.50 bits per heavy atom. The monoisotopic (exact) mass is 214 g/mol. The molecular weight excluding hydrogens is 196 g/mol. The summed E-state index contributed by atoms with van der Waals surface area (Å²) in [5.41, 5.74) is 9.16. The van der Waals surface area contributed by atoms with Crippen LogP contribution in [0.25, 0.3) is 0 Å². The number of para-hydroxylation sites is 1. The lowest BCUT2D eigenvalue weighted by Gasteiger charge is -2.25. The molecule has 0 amide bonds. The van der Waals surface area contributed by atoms with E-state index in [1.807, 2.05) is 0 Å². The van der Waals surface area contributed by atoms with Crippen LogP contribution in [0.1, 0.15) is 24.8 Å². The molecule has 4 rings (SSSR count). The van der Waals surface area contributed by atoms with E-state index in [1.165, 1.54) is 30.8 Å². The second-order valence-electron chi connectivity index (χ2n) is 5.83. The third-order valence-electron chi connectivity index (χ3n) is 4.55. The summed E-state index contributed by atoms with van der Waals surface area (Å²) in [4.78, 5) is 2.56. The topological polar surface area (TPSA) is 29.3 Å². The lowest BCUT2D eigenvalue weighted by atomic mass is 10.0. The molecule has 0 radical (unpaired) electrons. The normalized spacial score (nSPS) is 33.7. The van der Waals surface area contributed by atoms with Crippen LogP contribution in [0.2, 0.25) is 0 Å². The van der Waals surface area contributed by atoms with E-state index in [9.17, 15) is 0 Å². The minimum absolute atomic E-state index is 0.00335. The Kier molecular flexibility index (Phi) is 1.59. The summed E-state index contributed by atoms with van der Waals surface area (Å²) < 4.78 is 0. The van der Waals surface area contributed by atoms with Crippen molar-refractivity contribution in [2.45, 2.75) is 24.8 Å². The minimum atomic E-state index is 0.00335. The van der Waals surface area contributed by atoms with Gasteiger partial charge < -0.3 is 10.6 Å². The van der Waals surface area contributed by atoms with Gasteiger partial charge in [-0.3, -0.25) is 0 Å². The molecule has 1 aromatic carbocycles. The molecule has 3 aliphatic rings. The van der Waals surface area contributed by atoms with Crippen molar-refractivity contribution in [3.05, 3.63) is 29.8 Å². The van der Waals surface area contributed by atoms with Gasteiger partial charge in [0.05, 0.1) is 0 Å². The highest BCUT2D eigenvalue weighted by Crippen LogP contribution is 2.50. The van der Waals surface area contributed by atoms with Crippen molar-refractivity contribution in [3.63, 3.8) is 0 Å². The van der Waals surface area contributed by atoms with E-state index in [0.717, 1.165) is 24.7 Å². The van der Waals surface area contributed by atoms with E-state index in [1.54, 1.807) is 0 Å². The molecule has 3 fully saturated rings. The number of nitrogens with zero attached hydrogens (tertiary/aromatic N) is 1. The van der Waals surface area contributed by atoms with Gasteiger partial charge in [-0.1, -0.05) is 18.2 Å². The van der Waals surface area contributed by atoms with Crippen LogP contribution in [0.5, 0.6) is 0 Å². The van der Waals surface area contributed by atoms with Crippen LogP contribution in [0, 0.1) is 11.8 Å². The quantitative estimate of drug-likeness (QED) is 0.816. The van der Waals surface area contributed by atoms with E-state index in [0.29, 0.717) is 0 Å². The van der Waals surface area contributed by atoms with Crippen molar-refractivity contribution in [1.82, 2.24) is 0 Å². The Hall–Kier alpha value is -1.02. The minimum Gasteiger partial charge on any atom is -0.371 e. The molecule has 84 valence electrons. The van der Waals surface area contributed by atoms with Crippen LogP contribution in [-0.2, 0) is 5.54 Å². The molecule has 0 aromatic heterocycles. The molecule has 2 N–H and O–H groups in total. The standard InChI is InChI=1S/C14H18N2/c15-14(5-6-14)12-3-1-2-4-13(12)16-8-10-7-11(10)9-16/h1-4,10-11H,5-9,15H2. The second-order valence-corrected chi connectivity index (χ2v) is 5.83. The third kappa shape index (κ3) is 1.23. The first kappa shape index (κ1) is 9.06. The molecule has 1 heterocycles. The number of nitrogens with two attached hydrogens (primary N) is 1. The smallest absolute Gasteiger partial charge is 0.0431 e. The Morgan fingerprint density at radius 2 is 1.81 bits per heavy atom. The van der Waals surface area contributed by atoms with Gasteiger partial charge in [0, 0.05) is 24.3 Å². The fourth-order valence-electron chi connectivity index (χ4n) is 3.17. The van der Waals surface area contributed by atoms with Crippen LogP contribution in [0.4, 0.5) is 5.69 Å². The van der Waals surface area contributed by atoms with E-state index >= 15 is 0 Å². The molecule has 1 aliphatic heterocycles. The first-order valence-corrected chi connectivity index (χ1v) is 6.40. The van der Waals surface area contributed by atoms with Gasteiger partial charge in [-0.2, -0.15) is 0 Å². The fraction of sp³-hybridized carbons (Fsp3) is 0.571. The molecule has 1 aromatic rings. The molecule has 0 spiro atoms. The van der Waals surface area contributed by atoms with Crippen LogP contribution < -0.4 is 10.6 Å². The molecule has 1 saturated heterocycles. The number of rotatable bonds is 2. The number of hydrogen-bond acceptors (Lipinski definition) is 2. The second kappa shape index (κ2) is 2.80. The van der Waals surface area contributed by atoms with Gasteiger partial charge in [0.15, 0.2) is 0 Å². The highest BCUT2D eigenvalue weighted by atomic mass is 15.2. The van der Waals surface area contributed by atoms with Crippen LogP contribution in [0.15, 0.2) is 24.3 Å². The lowest BCUT2D eigenvalue weighted by molar-refractivity contribution is 0.724. The Balaban J connectivity index is 1.71. The molecule has 2 nitrogen and oxygen atoms in total. The highest BCUT2D eigenvalue weighted by molar-refractivity contribution is 5.59. The van der Waals surface area contributed by atoms with Crippen molar-refractivity contribution in [1.29, 1.82) is 0 Å². The average molecular weight is 214 g/mol. The number of piperidine rings is 1. The van der Waals surface area contributed by atoms with Gasteiger partial charge in [0.1, 0.15) is 0 Å². The van der Waals surface area contributed by atoms with E-state index in [2.05, 4.69) is 29.2 Å². The Bertz CT molecular complexity index is 426. The van der Waals surface area contributed by atoms with Gasteiger partial charge >= 0.3 is 0 Å². The number of anilines is 1. The van der Waals surface area contributed by atoms with E-state index < -0.39 is 0 Å². The SMILES string of the molecule is NC1(c2ccccc2N2CC3CC3C2)CC1. The highest BCUT2D eigenvalue weighted by Gasteiger charge is 2.47. The summed E-state index contributed by atoms with van der Waals surface area (Å²) in [6, 6.07) is 8.76. The Morgan fingerprint density at radius 1 is 1.12 bits per heavy atom. The molecule has 0 bridgehead atoms. The van der Waals surface area contributed by atoms with Crippen LogP contribution >= 0.6 is 0 Å². The van der Waals surface area contributed by atoms with Crippen LogP contribution in [0.3, 0.4) is 0 Å². The fourth-order valence-corrected chi connectivity index (χ4v) is 3.17.